The molecule has 0 saturated carbocycles. The van der Waals surface area contributed by atoms with Crippen LogP contribution < -0.4 is 9.80 Å². The molecule has 1 aromatic carbocycles. The van der Waals surface area contributed by atoms with Crippen molar-refractivity contribution in [2.24, 2.45) is 0 Å². The van der Waals surface area contributed by atoms with Crippen molar-refractivity contribution in [2.75, 3.05) is 36.0 Å². The maximum absolute atomic E-state index is 5.96. The predicted octanol–water partition coefficient (Wildman–Crippen LogP) is 3.36. The molecule has 0 radical (unpaired) electrons. The Morgan fingerprint density at radius 1 is 0.647 bits per heavy atom. The van der Waals surface area contributed by atoms with Crippen molar-refractivity contribution in [2.45, 2.75) is 72.9 Å². The van der Waals surface area contributed by atoms with Gasteiger partial charge in [0.05, 0.1) is 35.4 Å². The second-order valence-corrected chi connectivity index (χ2v) is 9.98. The Morgan fingerprint density at radius 3 is 1.59 bits per heavy atom. The molecule has 5 rings (SSSR count). The summed E-state index contributed by atoms with van der Waals surface area (Å²) in [5.41, 5.74) is 4.40. The van der Waals surface area contributed by atoms with Gasteiger partial charge in [-0.2, -0.15) is 15.0 Å². The Morgan fingerprint density at radius 2 is 1.09 bits per heavy atom. The summed E-state index contributed by atoms with van der Waals surface area (Å²) in [6, 6.07) is 4.30. The molecular formula is C25H35N7O2. The molecule has 2 aliphatic rings. The molecule has 0 bridgehead atoms. The number of ether oxygens (including phenoxy) is 2. The third kappa shape index (κ3) is 4.34. The second kappa shape index (κ2) is 8.78. The number of morpholine rings is 2. The zero-order valence-corrected chi connectivity index (χ0v) is 21.2. The van der Waals surface area contributed by atoms with E-state index in [0.717, 1.165) is 43.0 Å². The summed E-state index contributed by atoms with van der Waals surface area (Å²) in [4.78, 5) is 24.2. The number of aryl methyl sites for hydroxylation is 3. The van der Waals surface area contributed by atoms with E-state index in [-0.39, 0.29) is 24.4 Å². The van der Waals surface area contributed by atoms with Gasteiger partial charge in [0, 0.05) is 26.2 Å². The number of hydrogen-bond donors (Lipinski definition) is 0. The summed E-state index contributed by atoms with van der Waals surface area (Å²) in [7, 11) is 0. The van der Waals surface area contributed by atoms with E-state index >= 15 is 0 Å². The normalized spacial score (nSPS) is 25.9. The van der Waals surface area contributed by atoms with Gasteiger partial charge in [0.25, 0.3) is 0 Å². The highest BCUT2D eigenvalue weighted by molar-refractivity contribution is 5.79. The average Bonchev–Trinajstić information content (AvgIpc) is 3.07. The van der Waals surface area contributed by atoms with E-state index in [0.29, 0.717) is 17.8 Å². The van der Waals surface area contributed by atoms with Gasteiger partial charge in [-0.15, -0.1) is 0 Å². The monoisotopic (exact) mass is 465 g/mol. The summed E-state index contributed by atoms with van der Waals surface area (Å²) < 4.78 is 14.0. The maximum Gasteiger partial charge on any atom is 0.242 e. The van der Waals surface area contributed by atoms with Gasteiger partial charge >= 0.3 is 0 Å². The van der Waals surface area contributed by atoms with E-state index in [2.05, 4.69) is 68.0 Å². The van der Waals surface area contributed by atoms with Crippen molar-refractivity contribution in [1.29, 1.82) is 0 Å². The first-order chi connectivity index (χ1) is 16.2. The number of benzene rings is 1. The fourth-order valence-corrected chi connectivity index (χ4v) is 5.11. The van der Waals surface area contributed by atoms with E-state index in [1.54, 1.807) is 0 Å². The summed E-state index contributed by atoms with van der Waals surface area (Å²) in [6.45, 7) is 17.6. The molecule has 2 saturated heterocycles. The van der Waals surface area contributed by atoms with E-state index in [1.807, 2.05) is 6.92 Å². The van der Waals surface area contributed by atoms with Crippen molar-refractivity contribution in [3.63, 3.8) is 0 Å². The van der Waals surface area contributed by atoms with Gasteiger partial charge < -0.3 is 19.3 Å². The zero-order valence-electron chi connectivity index (χ0n) is 21.2. The van der Waals surface area contributed by atoms with Crippen LogP contribution in [0.15, 0.2) is 12.1 Å². The number of fused-ring (bicyclic) bond motifs is 1. The van der Waals surface area contributed by atoms with Gasteiger partial charge in [0.1, 0.15) is 5.82 Å². The van der Waals surface area contributed by atoms with Gasteiger partial charge in [0.15, 0.2) is 0 Å². The Labute approximate surface area is 201 Å². The lowest BCUT2D eigenvalue weighted by Crippen LogP contribution is -2.48. The van der Waals surface area contributed by atoms with Crippen LogP contribution in [-0.2, 0) is 9.47 Å². The molecule has 4 heterocycles. The molecule has 182 valence electrons. The van der Waals surface area contributed by atoms with Gasteiger partial charge in [-0.05, 0) is 71.7 Å². The van der Waals surface area contributed by atoms with Crippen LogP contribution in [0.3, 0.4) is 0 Å². The van der Waals surface area contributed by atoms with Crippen LogP contribution >= 0.6 is 0 Å². The molecule has 3 aromatic rings. The van der Waals surface area contributed by atoms with Crippen LogP contribution in [0.2, 0.25) is 0 Å². The van der Waals surface area contributed by atoms with Crippen LogP contribution in [0.5, 0.6) is 0 Å². The quantitative estimate of drug-likeness (QED) is 0.582. The van der Waals surface area contributed by atoms with Crippen LogP contribution in [0, 0.1) is 20.8 Å². The zero-order chi connectivity index (χ0) is 24.1. The van der Waals surface area contributed by atoms with E-state index < -0.39 is 0 Å². The third-order valence-corrected chi connectivity index (χ3v) is 6.64. The molecule has 34 heavy (non-hydrogen) atoms. The molecular weight excluding hydrogens is 430 g/mol. The highest BCUT2D eigenvalue weighted by Crippen LogP contribution is 2.27. The van der Waals surface area contributed by atoms with Crippen molar-refractivity contribution < 1.29 is 9.47 Å². The standard InChI is InChI=1S/C25H35N7O2/c1-14-8-21-22(9-15(14)2)32(20(7)26-21)25-28-23(30-10-16(3)33-17(4)11-30)27-24(29-25)31-12-18(5)34-19(6)13-31/h8-9,16-19H,10-13H2,1-7H3/t16-,17+,18-,19+. The lowest BCUT2D eigenvalue weighted by Gasteiger charge is -2.37. The van der Waals surface area contributed by atoms with Crippen LogP contribution in [0.25, 0.3) is 17.0 Å². The van der Waals surface area contributed by atoms with Crippen LogP contribution in [-0.4, -0.2) is 75.1 Å². The molecule has 0 spiro atoms. The first kappa shape index (κ1) is 23.0. The van der Waals surface area contributed by atoms with E-state index in [4.69, 9.17) is 29.4 Å². The number of anilines is 2. The minimum Gasteiger partial charge on any atom is -0.372 e. The van der Waals surface area contributed by atoms with Crippen molar-refractivity contribution in [3.8, 4) is 5.95 Å². The molecule has 0 aliphatic carbocycles. The smallest absolute Gasteiger partial charge is 0.242 e. The van der Waals surface area contributed by atoms with Gasteiger partial charge in [-0.3, -0.25) is 4.57 Å². The average molecular weight is 466 g/mol. The van der Waals surface area contributed by atoms with E-state index in [1.165, 1.54) is 11.1 Å². The fraction of sp³-hybridized carbons (Fsp3) is 0.600. The van der Waals surface area contributed by atoms with Crippen molar-refractivity contribution in [1.82, 2.24) is 24.5 Å². The number of aromatic nitrogens is 5. The first-order valence-electron chi connectivity index (χ1n) is 12.2. The highest BCUT2D eigenvalue weighted by atomic mass is 16.5. The molecule has 0 N–H and O–H groups in total. The SMILES string of the molecule is Cc1cc2nc(C)n(-c3nc(N4C[C@@H](C)O[C@@H](C)C4)nc(N4C[C@@H](C)O[C@@H](C)C4)n3)c2cc1C. The molecule has 9 heteroatoms. The Kier molecular flexibility index (Phi) is 5.93. The number of hydrogen-bond acceptors (Lipinski definition) is 8. The Balaban J connectivity index is 1.66. The Hall–Kier alpha value is -2.78. The lowest BCUT2D eigenvalue weighted by atomic mass is 10.1. The number of rotatable bonds is 3. The van der Waals surface area contributed by atoms with E-state index in [9.17, 15) is 0 Å². The van der Waals surface area contributed by atoms with Crippen LogP contribution in [0.4, 0.5) is 11.9 Å². The summed E-state index contributed by atoms with van der Waals surface area (Å²) in [6.07, 6.45) is 0.434. The molecule has 4 atom stereocenters. The third-order valence-electron chi connectivity index (χ3n) is 6.64. The molecule has 9 nitrogen and oxygen atoms in total. The number of nitrogens with zero attached hydrogens (tertiary/aromatic N) is 7. The topological polar surface area (TPSA) is 81.4 Å². The fourth-order valence-electron chi connectivity index (χ4n) is 5.11. The minimum absolute atomic E-state index is 0.109. The molecule has 2 aromatic heterocycles. The second-order valence-electron chi connectivity index (χ2n) is 9.98. The number of imidazole rings is 1. The van der Waals surface area contributed by atoms with Crippen molar-refractivity contribution in [3.05, 3.63) is 29.1 Å². The minimum atomic E-state index is 0.109. The maximum atomic E-state index is 5.96. The summed E-state index contributed by atoms with van der Waals surface area (Å²) >= 11 is 0. The molecule has 2 aliphatic heterocycles. The van der Waals surface area contributed by atoms with Gasteiger partial charge in [-0.1, -0.05) is 0 Å². The highest BCUT2D eigenvalue weighted by Gasteiger charge is 2.29. The molecule has 0 unspecified atom stereocenters. The Bertz CT molecular complexity index is 1150. The summed E-state index contributed by atoms with van der Waals surface area (Å²) in [5.74, 6) is 2.81. The first-order valence-corrected chi connectivity index (χ1v) is 12.2. The predicted molar refractivity (Wildman–Crippen MR) is 133 cm³/mol. The van der Waals surface area contributed by atoms with Gasteiger partial charge in [0.2, 0.25) is 17.8 Å². The van der Waals surface area contributed by atoms with Gasteiger partial charge in [-0.25, -0.2) is 4.98 Å². The summed E-state index contributed by atoms with van der Waals surface area (Å²) in [5, 5.41) is 0. The molecule has 2 fully saturated rings. The molecule has 0 amide bonds. The van der Waals surface area contributed by atoms with Crippen molar-refractivity contribution >= 4 is 22.9 Å². The van der Waals surface area contributed by atoms with Crippen LogP contribution in [0.1, 0.15) is 44.6 Å². The largest absolute Gasteiger partial charge is 0.372 e. The lowest BCUT2D eigenvalue weighted by molar-refractivity contribution is -0.00619.